The molecule has 0 bridgehead atoms. The third kappa shape index (κ3) is 2.59. The highest BCUT2D eigenvalue weighted by atomic mass is 32.2. The average molecular weight is 354 g/mol. The summed E-state index contributed by atoms with van der Waals surface area (Å²) >= 11 is 0. The van der Waals surface area contributed by atoms with Gasteiger partial charge >= 0.3 is 5.97 Å². The van der Waals surface area contributed by atoms with Crippen molar-refractivity contribution in [1.29, 1.82) is 0 Å². The Labute approximate surface area is 141 Å². The molecule has 0 radical (unpaired) electrons. The third-order valence-electron chi connectivity index (χ3n) is 5.24. The van der Waals surface area contributed by atoms with E-state index in [1.54, 1.807) is 38.3 Å². The molecular weight excluding hydrogens is 332 g/mol. The first-order valence-electron chi connectivity index (χ1n) is 8.08. The van der Waals surface area contributed by atoms with Crippen molar-refractivity contribution in [2.24, 2.45) is 5.92 Å². The Morgan fingerprint density at radius 2 is 2.00 bits per heavy atom. The van der Waals surface area contributed by atoms with Crippen molar-refractivity contribution in [3.63, 3.8) is 0 Å². The van der Waals surface area contributed by atoms with Gasteiger partial charge in [-0.15, -0.1) is 0 Å². The zero-order valence-corrected chi connectivity index (χ0v) is 14.6. The summed E-state index contributed by atoms with van der Waals surface area (Å²) in [6.45, 7) is 1.82. The molecule has 0 unspecified atom stereocenters. The van der Waals surface area contributed by atoms with Crippen LogP contribution in [0.5, 0.6) is 5.75 Å². The van der Waals surface area contributed by atoms with Crippen LogP contribution in [0.2, 0.25) is 0 Å². The SMILES string of the molecule is CCOC(=O)[C@@]1(O)C[C@@H](c2ccc(OC)cc2)[C@H]2[C@@H]1CCS2(=O)=O. The summed E-state index contributed by atoms with van der Waals surface area (Å²) in [5, 5.41) is 10.2. The number of hydrogen-bond acceptors (Lipinski definition) is 6. The maximum Gasteiger partial charge on any atom is 0.338 e. The minimum atomic E-state index is -3.36. The first-order valence-corrected chi connectivity index (χ1v) is 9.80. The maximum absolute atomic E-state index is 12.5. The van der Waals surface area contributed by atoms with Gasteiger partial charge in [0.25, 0.3) is 0 Å². The molecule has 0 spiro atoms. The van der Waals surface area contributed by atoms with E-state index in [-0.39, 0.29) is 25.2 Å². The molecular formula is C17H22O6S. The van der Waals surface area contributed by atoms with Gasteiger partial charge in [-0.05, 0) is 37.5 Å². The smallest absolute Gasteiger partial charge is 0.338 e. The van der Waals surface area contributed by atoms with Crippen LogP contribution in [0, 0.1) is 5.92 Å². The van der Waals surface area contributed by atoms with Gasteiger partial charge in [0.1, 0.15) is 5.75 Å². The number of ether oxygens (including phenoxy) is 2. The number of rotatable bonds is 4. The number of benzene rings is 1. The summed E-state index contributed by atoms with van der Waals surface area (Å²) in [7, 11) is -1.80. The van der Waals surface area contributed by atoms with Gasteiger partial charge in [0.2, 0.25) is 0 Å². The van der Waals surface area contributed by atoms with Crippen molar-refractivity contribution in [3.05, 3.63) is 29.8 Å². The van der Waals surface area contributed by atoms with E-state index in [2.05, 4.69) is 0 Å². The van der Waals surface area contributed by atoms with Crippen LogP contribution >= 0.6 is 0 Å². The second-order valence-electron chi connectivity index (χ2n) is 6.46. The fourth-order valence-corrected chi connectivity index (χ4v) is 6.61. The van der Waals surface area contributed by atoms with E-state index >= 15 is 0 Å². The Hall–Kier alpha value is -1.60. The molecule has 24 heavy (non-hydrogen) atoms. The minimum absolute atomic E-state index is 0.00327. The van der Waals surface area contributed by atoms with Crippen molar-refractivity contribution in [3.8, 4) is 5.75 Å². The Morgan fingerprint density at radius 3 is 2.58 bits per heavy atom. The van der Waals surface area contributed by atoms with E-state index in [9.17, 15) is 18.3 Å². The standard InChI is InChI=1S/C17H22O6S/c1-3-23-16(18)17(19)10-13(11-4-6-12(22-2)7-5-11)15-14(17)8-9-24(15,20)21/h4-7,13-15,19H,3,8-10H2,1-2H3/t13-,14-,15-,17+/m0/s1. The van der Waals surface area contributed by atoms with Crippen molar-refractivity contribution in [2.75, 3.05) is 19.5 Å². The lowest BCUT2D eigenvalue weighted by atomic mass is 9.89. The number of sulfone groups is 1. The molecule has 1 aliphatic carbocycles. The van der Waals surface area contributed by atoms with Gasteiger partial charge in [-0.3, -0.25) is 0 Å². The van der Waals surface area contributed by atoms with Crippen molar-refractivity contribution in [1.82, 2.24) is 0 Å². The van der Waals surface area contributed by atoms with Crippen LogP contribution in [0.15, 0.2) is 24.3 Å². The molecule has 2 aliphatic rings. The molecule has 132 valence electrons. The molecule has 1 N–H and O–H groups in total. The summed E-state index contributed by atoms with van der Waals surface area (Å²) in [6.07, 6.45) is 0.349. The molecule has 1 saturated carbocycles. The van der Waals surface area contributed by atoms with Crippen LogP contribution in [-0.2, 0) is 19.4 Å². The van der Waals surface area contributed by atoms with E-state index in [1.807, 2.05) is 0 Å². The lowest BCUT2D eigenvalue weighted by molar-refractivity contribution is -0.168. The molecule has 0 amide bonds. The molecule has 1 aliphatic heterocycles. The highest BCUT2D eigenvalue weighted by molar-refractivity contribution is 7.92. The second kappa shape index (κ2) is 6.04. The van der Waals surface area contributed by atoms with E-state index in [1.165, 1.54) is 0 Å². The first kappa shape index (κ1) is 17.2. The molecule has 1 saturated heterocycles. The predicted octanol–water partition coefficient (Wildman–Crippen LogP) is 1.28. The topological polar surface area (TPSA) is 89.9 Å². The quantitative estimate of drug-likeness (QED) is 0.819. The molecule has 7 heteroatoms. The molecule has 1 aromatic rings. The summed E-state index contributed by atoms with van der Waals surface area (Å²) in [5.41, 5.74) is -0.953. The van der Waals surface area contributed by atoms with Crippen LogP contribution in [0.4, 0.5) is 0 Å². The number of esters is 1. The summed E-state index contributed by atoms with van der Waals surface area (Å²) in [6, 6.07) is 7.11. The predicted molar refractivity (Wildman–Crippen MR) is 87.6 cm³/mol. The van der Waals surface area contributed by atoms with Gasteiger partial charge in [-0.25, -0.2) is 13.2 Å². The lowest BCUT2D eigenvalue weighted by Gasteiger charge is -2.26. The van der Waals surface area contributed by atoms with Crippen molar-refractivity contribution in [2.45, 2.75) is 36.5 Å². The fourth-order valence-electron chi connectivity index (χ4n) is 4.14. The molecule has 1 aromatic carbocycles. The van der Waals surface area contributed by atoms with Crippen LogP contribution in [-0.4, -0.2) is 49.8 Å². The van der Waals surface area contributed by atoms with E-state index in [0.717, 1.165) is 5.56 Å². The normalized spacial score (nSPS) is 33.9. The summed E-state index contributed by atoms with van der Waals surface area (Å²) in [4.78, 5) is 12.3. The Bertz CT molecular complexity index is 726. The number of carbonyl (C=O) groups is 1. The summed E-state index contributed by atoms with van der Waals surface area (Å²) < 4.78 is 35.2. The maximum atomic E-state index is 12.5. The molecule has 2 fully saturated rings. The lowest BCUT2D eigenvalue weighted by Crippen LogP contribution is -2.44. The van der Waals surface area contributed by atoms with Gasteiger partial charge in [-0.2, -0.15) is 0 Å². The average Bonchev–Trinajstić information content (AvgIpc) is 3.05. The van der Waals surface area contributed by atoms with Gasteiger partial charge in [0, 0.05) is 11.8 Å². The Balaban J connectivity index is 2.01. The van der Waals surface area contributed by atoms with E-state index < -0.39 is 38.5 Å². The van der Waals surface area contributed by atoms with E-state index in [4.69, 9.17) is 9.47 Å². The van der Waals surface area contributed by atoms with Crippen LogP contribution in [0.1, 0.15) is 31.2 Å². The fraction of sp³-hybridized carbons (Fsp3) is 0.588. The Kier molecular flexibility index (Phi) is 4.34. The zero-order valence-electron chi connectivity index (χ0n) is 13.8. The minimum Gasteiger partial charge on any atom is -0.497 e. The molecule has 1 heterocycles. The van der Waals surface area contributed by atoms with Crippen molar-refractivity contribution >= 4 is 15.8 Å². The number of fused-ring (bicyclic) bond motifs is 1. The molecule has 0 aromatic heterocycles. The number of aliphatic hydroxyl groups is 1. The number of hydrogen-bond donors (Lipinski definition) is 1. The van der Waals surface area contributed by atoms with Gasteiger partial charge in [0.05, 0.1) is 24.7 Å². The van der Waals surface area contributed by atoms with Crippen LogP contribution < -0.4 is 4.74 Å². The second-order valence-corrected chi connectivity index (χ2v) is 8.73. The third-order valence-corrected chi connectivity index (χ3v) is 7.53. The first-order chi connectivity index (χ1) is 11.3. The van der Waals surface area contributed by atoms with Gasteiger partial charge in [-0.1, -0.05) is 12.1 Å². The highest BCUT2D eigenvalue weighted by Crippen LogP contribution is 2.54. The van der Waals surface area contributed by atoms with Crippen LogP contribution in [0.25, 0.3) is 0 Å². The largest absolute Gasteiger partial charge is 0.497 e. The number of methoxy groups -OCH3 is 1. The molecule has 4 atom stereocenters. The van der Waals surface area contributed by atoms with E-state index in [0.29, 0.717) is 5.75 Å². The van der Waals surface area contributed by atoms with Gasteiger partial charge in [0.15, 0.2) is 15.4 Å². The van der Waals surface area contributed by atoms with Crippen LogP contribution in [0.3, 0.4) is 0 Å². The van der Waals surface area contributed by atoms with Gasteiger partial charge < -0.3 is 14.6 Å². The molecule has 6 nitrogen and oxygen atoms in total. The zero-order chi connectivity index (χ0) is 17.5. The highest BCUT2D eigenvalue weighted by Gasteiger charge is 2.64. The number of carbonyl (C=O) groups excluding carboxylic acids is 1. The molecule has 3 rings (SSSR count). The monoisotopic (exact) mass is 354 g/mol. The summed E-state index contributed by atoms with van der Waals surface area (Å²) in [5.74, 6) is -1.09. The van der Waals surface area contributed by atoms with Crippen molar-refractivity contribution < 1.29 is 27.8 Å². The Morgan fingerprint density at radius 1 is 1.33 bits per heavy atom.